The molecule has 5 heteroatoms. The SMILES string of the molecule is O=C(NNC(=O)N1CC=C(c2ccccc2)CC1)c1ccccc1. The van der Waals surface area contributed by atoms with Crippen LogP contribution < -0.4 is 10.9 Å². The summed E-state index contributed by atoms with van der Waals surface area (Å²) in [5.74, 6) is -0.332. The van der Waals surface area contributed by atoms with E-state index >= 15 is 0 Å². The highest BCUT2D eigenvalue weighted by atomic mass is 16.2. The fourth-order valence-electron chi connectivity index (χ4n) is 2.62. The van der Waals surface area contributed by atoms with E-state index in [9.17, 15) is 9.59 Å². The average Bonchev–Trinajstić information content (AvgIpc) is 2.67. The number of nitrogens with one attached hydrogen (secondary N) is 2. The van der Waals surface area contributed by atoms with Gasteiger partial charge in [-0.15, -0.1) is 0 Å². The monoisotopic (exact) mass is 321 g/mol. The normalized spacial score (nSPS) is 13.8. The number of hydrazine groups is 1. The lowest BCUT2D eigenvalue weighted by molar-refractivity contribution is 0.0930. The molecule has 0 saturated heterocycles. The second-order valence-electron chi connectivity index (χ2n) is 5.54. The Morgan fingerprint density at radius 2 is 1.54 bits per heavy atom. The number of carbonyl (C=O) groups is 2. The lowest BCUT2D eigenvalue weighted by Gasteiger charge is -2.26. The number of benzene rings is 2. The van der Waals surface area contributed by atoms with Crippen LogP contribution in [-0.2, 0) is 0 Å². The topological polar surface area (TPSA) is 61.4 Å². The van der Waals surface area contributed by atoms with E-state index in [1.54, 1.807) is 29.2 Å². The van der Waals surface area contributed by atoms with Crippen molar-refractivity contribution in [2.45, 2.75) is 6.42 Å². The molecule has 2 N–H and O–H groups in total. The zero-order chi connectivity index (χ0) is 16.8. The molecule has 1 aliphatic heterocycles. The molecule has 1 heterocycles. The Morgan fingerprint density at radius 1 is 0.875 bits per heavy atom. The molecule has 1 aliphatic rings. The lowest BCUT2D eigenvalue weighted by atomic mass is 10.00. The van der Waals surface area contributed by atoms with Crippen LogP contribution in [0.3, 0.4) is 0 Å². The second-order valence-corrected chi connectivity index (χ2v) is 5.54. The van der Waals surface area contributed by atoms with Gasteiger partial charge < -0.3 is 4.90 Å². The van der Waals surface area contributed by atoms with E-state index in [0.717, 1.165) is 6.42 Å². The second kappa shape index (κ2) is 7.46. The summed E-state index contributed by atoms with van der Waals surface area (Å²) in [4.78, 5) is 25.7. The molecule has 0 radical (unpaired) electrons. The smallest absolute Gasteiger partial charge is 0.319 e. The number of nitrogens with zero attached hydrogens (tertiary/aromatic N) is 1. The van der Waals surface area contributed by atoms with Gasteiger partial charge in [-0.05, 0) is 29.7 Å². The maximum absolute atomic E-state index is 12.1. The Kier molecular flexibility index (Phi) is 4.91. The zero-order valence-corrected chi connectivity index (χ0v) is 13.2. The predicted molar refractivity (Wildman–Crippen MR) is 93.0 cm³/mol. The van der Waals surface area contributed by atoms with E-state index in [0.29, 0.717) is 18.7 Å². The third-order valence-electron chi connectivity index (χ3n) is 3.96. The maximum Gasteiger partial charge on any atom is 0.336 e. The van der Waals surface area contributed by atoms with E-state index in [-0.39, 0.29) is 11.9 Å². The van der Waals surface area contributed by atoms with Crippen molar-refractivity contribution in [2.24, 2.45) is 0 Å². The summed E-state index contributed by atoms with van der Waals surface area (Å²) >= 11 is 0. The molecule has 0 unspecified atom stereocenters. The van der Waals surface area contributed by atoms with E-state index in [4.69, 9.17) is 0 Å². The van der Waals surface area contributed by atoms with Crippen molar-refractivity contribution in [2.75, 3.05) is 13.1 Å². The van der Waals surface area contributed by atoms with E-state index < -0.39 is 0 Å². The number of amides is 3. The summed E-state index contributed by atoms with van der Waals surface area (Å²) < 4.78 is 0. The lowest BCUT2D eigenvalue weighted by Crippen LogP contribution is -2.49. The Morgan fingerprint density at radius 3 is 2.17 bits per heavy atom. The van der Waals surface area contributed by atoms with Crippen LogP contribution in [0.1, 0.15) is 22.3 Å². The molecule has 0 aliphatic carbocycles. The zero-order valence-electron chi connectivity index (χ0n) is 13.2. The Hall–Kier alpha value is -3.08. The molecule has 5 nitrogen and oxygen atoms in total. The summed E-state index contributed by atoms with van der Waals surface area (Å²) in [7, 11) is 0. The van der Waals surface area contributed by atoms with Crippen LogP contribution in [-0.4, -0.2) is 29.9 Å². The first-order chi connectivity index (χ1) is 11.7. The van der Waals surface area contributed by atoms with Crippen LogP contribution in [0, 0.1) is 0 Å². The van der Waals surface area contributed by atoms with Crippen molar-refractivity contribution >= 4 is 17.5 Å². The first-order valence-electron chi connectivity index (χ1n) is 7.89. The molecular formula is C19H19N3O2. The predicted octanol–water partition coefficient (Wildman–Crippen LogP) is 2.83. The molecule has 2 aromatic carbocycles. The van der Waals surface area contributed by atoms with Crippen LogP contribution in [0.15, 0.2) is 66.7 Å². The summed E-state index contributed by atoms with van der Waals surface area (Å²) in [5, 5.41) is 0. The highest BCUT2D eigenvalue weighted by molar-refractivity contribution is 5.95. The molecule has 0 spiro atoms. The van der Waals surface area contributed by atoms with Gasteiger partial charge in [0.1, 0.15) is 0 Å². The molecule has 122 valence electrons. The van der Waals surface area contributed by atoms with Gasteiger partial charge in [-0.25, -0.2) is 10.2 Å². The van der Waals surface area contributed by atoms with Crippen LogP contribution in [0.25, 0.3) is 5.57 Å². The molecule has 2 aromatic rings. The van der Waals surface area contributed by atoms with Gasteiger partial charge >= 0.3 is 6.03 Å². The fourth-order valence-corrected chi connectivity index (χ4v) is 2.62. The Bertz CT molecular complexity index is 742. The van der Waals surface area contributed by atoms with Gasteiger partial charge in [-0.2, -0.15) is 0 Å². The third kappa shape index (κ3) is 3.81. The molecule has 0 fully saturated rings. The molecule has 0 saturated carbocycles. The minimum atomic E-state index is -0.332. The average molecular weight is 321 g/mol. The largest absolute Gasteiger partial charge is 0.336 e. The molecule has 3 amide bonds. The molecule has 0 aromatic heterocycles. The van der Waals surface area contributed by atoms with Gasteiger partial charge in [0.25, 0.3) is 5.91 Å². The highest BCUT2D eigenvalue weighted by Gasteiger charge is 2.18. The van der Waals surface area contributed by atoms with Crippen LogP contribution in [0.4, 0.5) is 4.79 Å². The molecule has 0 bridgehead atoms. The van der Waals surface area contributed by atoms with Crippen LogP contribution >= 0.6 is 0 Å². The Balaban J connectivity index is 1.52. The van der Waals surface area contributed by atoms with Crippen molar-refractivity contribution in [1.29, 1.82) is 0 Å². The van der Waals surface area contributed by atoms with Crippen molar-refractivity contribution in [3.63, 3.8) is 0 Å². The van der Waals surface area contributed by atoms with Gasteiger partial charge in [0.05, 0.1) is 0 Å². The summed E-state index contributed by atoms with van der Waals surface area (Å²) in [6, 6.07) is 18.6. The van der Waals surface area contributed by atoms with Gasteiger partial charge in [0.15, 0.2) is 0 Å². The molecule has 24 heavy (non-hydrogen) atoms. The summed E-state index contributed by atoms with van der Waals surface area (Å²) in [5.41, 5.74) is 7.84. The summed E-state index contributed by atoms with van der Waals surface area (Å²) in [6.45, 7) is 1.14. The first-order valence-corrected chi connectivity index (χ1v) is 7.89. The Labute approximate surface area is 141 Å². The van der Waals surface area contributed by atoms with E-state index in [1.807, 2.05) is 24.3 Å². The number of rotatable bonds is 2. The van der Waals surface area contributed by atoms with Crippen molar-refractivity contribution in [1.82, 2.24) is 15.8 Å². The molecule has 0 atom stereocenters. The van der Waals surface area contributed by atoms with E-state index in [2.05, 4.69) is 29.1 Å². The van der Waals surface area contributed by atoms with Crippen LogP contribution in [0.2, 0.25) is 0 Å². The van der Waals surface area contributed by atoms with Crippen molar-refractivity contribution in [3.05, 3.63) is 77.9 Å². The van der Waals surface area contributed by atoms with Crippen molar-refractivity contribution < 1.29 is 9.59 Å². The molecule has 3 rings (SSSR count). The minimum absolute atomic E-state index is 0.303. The van der Waals surface area contributed by atoms with Crippen LogP contribution in [0.5, 0.6) is 0 Å². The standard InChI is InChI=1S/C19H19N3O2/c23-18(17-9-5-2-6-10-17)20-21-19(24)22-13-11-16(12-14-22)15-7-3-1-4-8-15/h1-11H,12-14H2,(H,20,23)(H,21,24). The number of urea groups is 1. The number of hydrogen-bond donors (Lipinski definition) is 2. The number of hydrogen-bond acceptors (Lipinski definition) is 2. The fraction of sp³-hybridized carbons (Fsp3) is 0.158. The van der Waals surface area contributed by atoms with Crippen molar-refractivity contribution in [3.8, 4) is 0 Å². The van der Waals surface area contributed by atoms with Gasteiger partial charge in [0, 0.05) is 18.7 Å². The quantitative estimate of drug-likeness (QED) is 0.836. The minimum Gasteiger partial charge on any atom is -0.319 e. The van der Waals surface area contributed by atoms with Gasteiger partial charge in [0.2, 0.25) is 0 Å². The van der Waals surface area contributed by atoms with Gasteiger partial charge in [-0.1, -0.05) is 54.6 Å². The first kappa shape index (κ1) is 15.8. The highest BCUT2D eigenvalue weighted by Crippen LogP contribution is 2.21. The summed E-state index contributed by atoms with van der Waals surface area (Å²) in [6.07, 6.45) is 2.85. The number of carbonyl (C=O) groups excluding carboxylic acids is 2. The third-order valence-corrected chi connectivity index (χ3v) is 3.96. The molecular weight excluding hydrogens is 302 g/mol. The maximum atomic E-state index is 12.1. The van der Waals surface area contributed by atoms with E-state index in [1.165, 1.54) is 11.1 Å². The van der Waals surface area contributed by atoms with Gasteiger partial charge in [-0.3, -0.25) is 10.2 Å².